The standard InChI is InChI=1S/C20H13Br2Cl2NO4/c1-9-6-11(3-4-14(9)23)29-16-5-2-10(7-15(16)24)25-20(28)17-18(26)12(21)8-13(22)19(17)27/h2-8,26-27H,1H3,(H,25,28). The van der Waals surface area contributed by atoms with E-state index in [4.69, 9.17) is 27.9 Å². The smallest absolute Gasteiger partial charge is 0.263 e. The lowest BCUT2D eigenvalue weighted by Crippen LogP contribution is -2.12. The molecule has 3 aromatic carbocycles. The number of halogens is 4. The second-order valence-electron chi connectivity index (χ2n) is 6.02. The highest BCUT2D eigenvalue weighted by molar-refractivity contribution is 9.11. The van der Waals surface area contributed by atoms with Crippen molar-refractivity contribution < 1.29 is 19.7 Å². The maximum Gasteiger partial charge on any atom is 0.263 e. The summed E-state index contributed by atoms with van der Waals surface area (Å²) in [6.07, 6.45) is 0. The minimum atomic E-state index is -0.708. The van der Waals surface area contributed by atoms with Gasteiger partial charge in [0.25, 0.3) is 5.91 Å². The summed E-state index contributed by atoms with van der Waals surface area (Å²) in [6, 6.07) is 11.3. The Bertz CT molecular complexity index is 1100. The summed E-state index contributed by atoms with van der Waals surface area (Å²) in [5.41, 5.74) is 0.942. The largest absolute Gasteiger partial charge is 0.506 e. The molecule has 0 heterocycles. The normalized spacial score (nSPS) is 10.7. The fraction of sp³-hybridized carbons (Fsp3) is 0.0500. The number of aryl methyl sites for hydroxylation is 1. The van der Waals surface area contributed by atoms with E-state index < -0.39 is 5.91 Å². The Morgan fingerprint density at radius 1 is 0.966 bits per heavy atom. The van der Waals surface area contributed by atoms with Crippen molar-refractivity contribution in [3.05, 3.63) is 72.6 Å². The number of nitrogens with one attached hydrogen (secondary N) is 1. The molecule has 0 aliphatic carbocycles. The van der Waals surface area contributed by atoms with Gasteiger partial charge in [0.1, 0.15) is 28.6 Å². The molecule has 0 aliphatic heterocycles. The molecule has 3 N–H and O–H groups in total. The highest BCUT2D eigenvalue weighted by atomic mass is 79.9. The molecule has 1 amide bonds. The van der Waals surface area contributed by atoms with Crippen molar-refractivity contribution in [3.63, 3.8) is 0 Å². The first-order valence-corrected chi connectivity index (χ1v) is 10.5. The number of phenols is 2. The van der Waals surface area contributed by atoms with Gasteiger partial charge in [-0.05, 0) is 86.8 Å². The van der Waals surface area contributed by atoms with Crippen molar-refractivity contribution in [2.75, 3.05) is 5.32 Å². The molecule has 3 aromatic rings. The highest BCUT2D eigenvalue weighted by Gasteiger charge is 2.22. The van der Waals surface area contributed by atoms with Crippen LogP contribution in [0.15, 0.2) is 51.4 Å². The van der Waals surface area contributed by atoms with Crippen LogP contribution in [0.5, 0.6) is 23.0 Å². The molecule has 150 valence electrons. The number of rotatable bonds is 4. The Hall–Kier alpha value is -1.93. The van der Waals surface area contributed by atoms with Crippen molar-refractivity contribution in [2.45, 2.75) is 6.92 Å². The van der Waals surface area contributed by atoms with Crippen molar-refractivity contribution in [2.24, 2.45) is 0 Å². The molecule has 0 bridgehead atoms. The van der Waals surface area contributed by atoms with Crippen LogP contribution in [0.2, 0.25) is 10.0 Å². The van der Waals surface area contributed by atoms with Gasteiger partial charge in [0.15, 0.2) is 0 Å². The number of hydrogen-bond acceptors (Lipinski definition) is 4. The number of ether oxygens (including phenoxy) is 1. The van der Waals surface area contributed by atoms with Crippen LogP contribution in [-0.2, 0) is 0 Å². The van der Waals surface area contributed by atoms with Gasteiger partial charge >= 0.3 is 0 Å². The Labute approximate surface area is 193 Å². The van der Waals surface area contributed by atoms with E-state index >= 15 is 0 Å². The van der Waals surface area contributed by atoms with Crippen LogP contribution in [0.25, 0.3) is 0 Å². The van der Waals surface area contributed by atoms with Crippen LogP contribution in [-0.4, -0.2) is 16.1 Å². The van der Waals surface area contributed by atoms with Gasteiger partial charge in [0.05, 0.1) is 14.0 Å². The van der Waals surface area contributed by atoms with Crippen molar-refractivity contribution in [1.29, 1.82) is 0 Å². The number of anilines is 1. The molecule has 3 rings (SSSR count). The zero-order chi connectivity index (χ0) is 21.3. The molecule has 0 aromatic heterocycles. The molecule has 5 nitrogen and oxygen atoms in total. The van der Waals surface area contributed by atoms with Crippen LogP contribution in [0.4, 0.5) is 5.69 Å². The fourth-order valence-electron chi connectivity index (χ4n) is 2.48. The average Bonchev–Trinajstić information content (AvgIpc) is 2.65. The predicted octanol–water partition coefficient (Wildman–Crippen LogP) is 7.28. The zero-order valence-corrected chi connectivity index (χ0v) is 19.4. The molecule has 0 spiro atoms. The van der Waals surface area contributed by atoms with E-state index in [-0.39, 0.29) is 31.0 Å². The minimum Gasteiger partial charge on any atom is -0.506 e. The van der Waals surface area contributed by atoms with Gasteiger partial charge in [-0.1, -0.05) is 23.2 Å². The van der Waals surface area contributed by atoms with E-state index in [1.807, 2.05) is 6.92 Å². The maximum atomic E-state index is 12.6. The first-order valence-electron chi connectivity index (χ1n) is 8.12. The maximum absolute atomic E-state index is 12.6. The summed E-state index contributed by atoms with van der Waals surface area (Å²) in [4.78, 5) is 12.6. The van der Waals surface area contributed by atoms with Gasteiger partial charge in [0.2, 0.25) is 0 Å². The minimum absolute atomic E-state index is 0.257. The molecule has 0 atom stereocenters. The topological polar surface area (TPSA) is 78.8 Å². The first kappa shape index (κ1) is 21.8. The number of carbonyl (C=O) groups excluding carboxylic acids is 1. The van der Waals surface area contributed by atoms with Crippen LogP contribution in [0.1, 0.15) is 15.9 Å². The zero-order valence-electron chi connectivity index (χ0n) is 14.8. The van der Waals surface area contributed by atoms with Gasteiger partial charge in [-0.2, -0.15) is 0 Å². The van der Waals surface area contributed by atoms with E-state index in [0.29, 0.717) is 22.2 Å². The summed E-state index contributed by atoms with van der Waals surface area (Å²) < 4.78 is 6.28. The van der Waals surface area contributed by atoms with Crippen molar-refractivity contribution in [3.8, 4) is 23.0 Å². The average molecular weight is 562 g/mol. The highest BCUT2D eigenvalue weighted by Crippen LogP contribution is 2.40. The Balaban J connectivity index is 1.82. The van der Waals surface area contributed by atoms with E-state index in [2.05, 4.69) is 37.2 Å². The van der Waals surface area contributed by atoms with Gasteiger partial charge < -0.3 is 20.3 Å². The van der Waals surface area contributed by atoms with Crippen LogP contribution in [0.3, 0.4) is 0 Å². The lowest BCUT2D eigenvalue weighted by molar-refractivity contribution is 0.102. The van der Waals surface area contributed by atoms with Crippen LogP contribution < -0.4 is 10.1 Å². The van der Waals surface area contributed by atoms with Crippen molar-refractivity contribution in [1.82, 2.24) is 0 Å². The van der Waals surface area contributed by atoms with Gasteiger partial charge in [-0.3, -0.25) is 4.79 Å². The number of phenolic OH excluding ortho intramolecular Hbond substituents is 2. The number of carbonyl (C=O) groups is 1. The second-order valence-corrected chi connectivity index (χ2v) is 8.55. The molecule has 29 heavy (non-hydrogen) atoms. The third kappa shape index (κ3) is 4.80. The molecule has 9 heteroatoms. The second kappa shape index (κ2) is 8.83. The molecular weight excluding hydrogens is 549 g/mol. The predicted molar refractivity (Wildman–Crippen MR) is 121 cm³/mol. The van der Waals surface area contributed by atoms with Crippen LogP contribution in [0, 0.1) is 6.92 Å². The summed E-state index contributed by atoms with van der Waals surface area (Å²) >= 11 is 18.5. The Morgan fingerprint density at radius 3 is 2.21 bits per heavy atom. The fourth-order valence-corrected chi connectivity index (χ4v) is 3.97. The van der Waals surface area contributed by atoms with E-state index in [1.165, 1.54) is 12.1 Å². The molecule has 0 fully saturated rings. The Kier molecular flexibility index (Phi) is 6.63. The third-order valence-electron chi connectivity index (χ3n) is 3.95. The van der Waals surface area contributed by atoms with Crippen LogP contribution >= 0.6 is 55.1 Å². The SMILES string of the molecule is Cc1cc(Oc2ccc(NC(=O)c3c(O)c(Br)cc(Br)c3O)cc2Cl)ccc1Cl. The molecule has 0 saturated carbocycles. The lowest BCUT2D eigenvalue weighted by atomic mass is 10.1. The molecule has 0 radical (unpaired) electrons. The first-order chi connectivity index (χ1) is 13.7. The molecule has 0 unspecified atom stereocenters. The van der Waals surface area contributed by atoms with Gasteiger partial charge in [0, 0.05) is 10.7 Å². The van der Waals surface area contributed by atoms with E-state index in [0.717, 1.165) is 5.56 Å². The van der Waals surface area contributed by atoms with Gasteiger partial charge in [-0.25, -0.2) is 0 Å². The Morgan fingerprint density at radius 2 is 1.62 bits per heavy atom. The third-order valence-corrected chi connectivity index (χ3v) is 5.88. The number of amides is 1. The number of hydrogen-bond donors (Lipinski definition) is 3. The lowest BCUT2D eigenvalue weighted by Gasteiger charge is -2.13. The van der Waals surface area contributed by atoms with E-state index in [9.17, 15) is 15.0 Å². The number of aromatic hydroxyl groups is 2. The van der Waals surface area contributed by atoms with E-state index in [1.54, 1.807) is 30.3 Å². The van der Waals surface area contributed by atoms with Gasteiger partial charge in [-0.15, -0.1) is 0 Å². The monoisotopic (exact) mass is 559 g/mol. The summed E-state index contributed by atoms with van der Waals surface area (Å²) in [6.45, 7) is 1.86. The number of benzene rings is 3. The quantitative estimate of drug-likeness (QED) is 0.313. The van der Waals surface area contributed by atoms with Crippen molar-refractivity contribution >= 4 is 66.7 Å². The summed E-state index contributed by atoms with van der Waals surface area (Å²) in [5, 5.41) is 23.7. The molecular formula is C20H13Br2Cl2NO4. The molecule has 0 saturated heterocycles. The summed E-state index contributed by atoms with van der Waals surface area (Å²) in [7, 11) is 0. The summed E-state index contributed by atoms with van der Waals surface area (Å²) in [5.74, 6) is -0.513. The molecule has 0 aliphatic rings.